The Bertz CT molecular complexity index is 691. The summed E-state index contributed by atoms with van der Waals surface area (Å²) < 4.78 is 19.8. The summed E-state index contributed by atoms with van der Waals surface area (Å²) in [6.45, 7) is 0.888. The summed E-state index contributed by atoms with van der Waals surface area (Å²) in [5.41, 5.74) is 7.23. The van der Waals surface area contributed by atoms with E-state index in [4.69, 9.17) is 10.5 Å². The number of benzene rings is 2. The fraction of sp³-hybridized carbons (Fsp3) is 0.278. The van der Waals surface area contributed by atoms with Crippen LogP contribution in [0.2, 0.25) is 0 Å². The number of para-hydroxylation sites is 1. The molecule has 0 bridgehead atoms. The predicted molar refractivity (Wildman–Crippen MR) is 86.9 cm³/mol. The highest BCUT2D eigenvalue weighted by Gasteiger charge is 2.26. The summed E-state index contributed by atoms with van der Waals surface area (Å²) in [6.07, 6.45) is 0.776. The van der Waals surface area contributed by atoms with E-state index >= 15 is 0 Å². The van der Waals surface area contributed by atoms with E-state index in [0.29, 0.717) is 25.3 Å². The third-order valence-corrected chi connectivity index (χ3v) is 3.93. The SMILES string of the molecule is N[C@@H](CC(=O)N1CCCOc2cccc(F)c21)c1ccccc1. The van der Waals surface area contributed by atoms with Crippen molar-refractivity contribution >= 4 is 11.6 Å². The maximum Gasteiger partial charge on any atom is 0.229 e. The molecule has 23 heavy (non-hydrogen) atoms. The van der Waals surface area contributed by atoms with E-state index in [-0.39, 0.29) is 18.0 Å². The highest BCUT2D eigenvalue weighted by atomic mass is 19.1. The van der Waals surface area contributed by atoms with Gasteiger partial charge in [0.15, 0.2) is 5.82 Å². The fourth-order valence-corrected chi connectivity index (χ4v) is 2.76. The standard InChI is InChI=1S/C18H19FN2O2/c19-14-8-4-9-16-18(14)21(10-5-11-23-16)17(22)12-15(20)13-6-2-1-3-7-13/h1-4,6-9,15H,5,10-12,20H2/t15-/m0/s1. The van der Waals surface area contributed by atoms with E-state index in [9.17, 15) is 9.18 Å². The summed E-state index contributed by atoms with van der Waals surface area (Å²) in [4.78, 5) is 14.1. The number of carbonyl (C=O) groups is 1. The lowest BCUT2D eigenvalue weighted by Gasteiger charge is -2.24. The maximum atomic E-state index is 14.2. The third-order valence-electron chi connectivity index (χ3n) is 3.93. The average molecular weight is 314 g/mol. The second-order valence-electron chi connectivity index (χ2n) is 5.56. The normalized spacial score (nSPS) is 15.3. The van der Waals surface area contributed by atoms with Crippen LogP contribution in [0.1, 0.15) is 24.4 Å². The average Bonchev–Trinajstić information content (AvgIpc) is 2.79. The molecule has 5 heteroatoms. The van der Waals surface area contributed by atoms with Gasteiger partial charge in [-0.1, -0.05) is 36.4 Å². The molecule has 3 rings (SSSR count). The molecule has 0 saturated heterocycles. The molecule has 120 valence electrons. The summed E-state index contributed by atoms with van der Waals surface area (Å²) >= 11 is 0. The van der Waals surface area contributed by atoms with Crippen LogP contribution in [0.15, 0.2) is 48.5 Å². The Morgan fingerprint density at radius 1 is 1.22 bits per heavy atom. The summed E-state index contributed by atoms with van der Waals surface area (Å²) in [6, 6.07) is 13.6. The van der Waals surface area contributed by atoms with E-state index in [2.05, 4.69) is 0 Å². The van der Waals surface area contributed by atoms with Crippen LogP contribution in [-0.2, 0) is 4.79 Å². The van der Waals surface area contributed by atoms with Crippen molar-refractivity contribution in [3.05, 3.63) is 59.9 Å². The van der Waals surface area contributed by atoms with Crippen LogP contribution in [0.25, 0.3) is 0 Å². The second kappa shape index (κ2) is 6.79. The molecule has 1 heterocycles. The Morgan fingerprint density at radius 2 is 2.00 bits per heavy atom. The Kier molecular flexibility index (Phi) is 4.57. The molecule has 2 N–H and O–H groups in total. The van der Waals surface area contributed by atoms with Gasteiger partial charge in [-0.2, -0.15) is 0 Å². The summed E-state index contributed by atoms with van der Waals surface area (Å²) in [7, 11) is 0. The number of nitrogens with two attached hydrogens (primary N) is 1. The van der Waals surface area contributed by atoms with Crippen molar-refractivity contribution in [2.24, 2.45) is 5.73 Å². The minimum absolute atomic E-state index is 0.123. The quantitative estimate of drug-likeness (QED) is 0.947. The van der Waals surface area contributed by atoms with Crippen LogP contribution in [0.3, 0.4) is 0 Å². The molecular weight excluding hydrogens is 295 g/mol. The first-order chi connectivity index (χ1) is 11.2. The topological polar surface area (TPSA) is 55.6 Å². The van der Waals surface area contributed by atoms with Crippen molar-refractivity contribution in [3.8, 4) is 5.75 Å². The predicted octanol–water partition coefficient (Wildman–Crippen LogP) is 3.03. The smallest absolute Gasteiger partial charge is 0.229 e. The minimum atomic E-state index is -0.453. The fourth-order valence-electron chi connectivity index (χ4n) is 2.76. The number of fused-ring (bicyclic) bond motifs is 1. The number of ether oxygens (including phenoxy) is 1. The van der Waals surface area contributed by atoms with Crippen LogP contribution in [0.4, 0.5) is 10.1 Å². The molecule has 2 aromatic rings. The van der Waals surface area contributed by atoms with Gasteiger partial charge in [-0.15, -0.1) is 0 Å². The van der Waals surface area contributed by atoms with Gasteiger partial charge < -0.3 is 15.4 Å². The van der Waals surface area contributed by atoms with Crippen molar-refractivity contribution in [2.75, 3.05) is 18.1 Å². The van der Waals surface area contributed by atoms with Gasteiger partial charge in [-0.3, -0.25) is 4.79 Å². The first-order valence-corrected chi connectivity index (χ1v) is 7.69. The van der Waals surface area contributed by atoms with Crippen molar-refractivity contribution in [3.63, 3.8) is 0 Å². The van der Waals surface area contributed by atoms with E-state index < -0.39 is 11.9 Å². The van der Waals surface area contributed by atoms with Gasteiger partial charge in [0.05, 0.1) is 6.61 Å². The lowest BCUT2D eigenvalue weighted by atomic mass is 10.0. The van der Waals surface area contributed by atoms with Gasteiger partial charge in [-0.25, -0.2) is 4.39 Å². The van der Waals surface area contributed by atoms with Crippen molar-refractivity contribution < 1.29 is 13.9 Å². The molecule has 0 saturated carbocycles. The van der Waals surface area contributed by atoms with Gasteiger partial charge in [0.25, 0.3) is 0 Å². The molecule has 4 nitrogen and oxygen atoms in total. The van der Waals surface area contributed by atoms with Crippen molar-refractivity contribution in [1.29, 1.82) is 0 Å². The lowest BCUT2D eigenvalue weighted by Crippen LogP contribution is -2.34. The monoisotopic (exact) mass is 314 g/mol. The summed E-state index contributed by atoms with van der Waals surface area (Å²) in [5, 5.41) is 0. The van der Waals surface area contributed by atoms with Crippen LogP contribution in [0, 0.1) is 5.82 Å². The third kappa shape index (κ3) is 3.35. The number of hydrogen-bond donors (Lipinski definition) is 1. The van der Waals surface area contributed by atoms with E-state index in [1.54, 1.807) is 12.1 Å². The lowest BCUT2D eigenvalue weighted by molar-refractivity contribution is -0.119. The van der Waals surface area contributed by atoms with Crippen molar-refractivity contribution in [1.82, 2.24) is 0 Å². The molecule has 0 unspecified atom stereocenters. The van der Waals surface area contributed by atoms with E-state index in [1.807, 2.05) is 30.3 Å². The Labute approximate surface area is 134 Å². The van der Waals surface area contributed by atoms with E-state index in [0.717, 1.165) is 5.56 Å². The molecule has 0 spiro atoms. The zero-order chi connectivity index (χ0) is 16.2. The first kappa shape index (κ1) is 15.5. The number of halogens is 1. The van der Waals surface area contributed by atoms with Gasteiger partial charge in [-0.05, 0) is 24.1 Å². The highest BCUT2D eigenvalue weighted by molar-refractivity contribution is 5.95. The largest absolute Gasteiger partial charge is 0.491 e. The van der Waals surface area contributed by atoms with Gasteiger partial charge in [0, 0.05) is 19.0 Å². The summed E-state index contributed by atoms with van der Waals surface area (Å²) in [5.74, 6) is -0.242. The van der Waals surface area contributed by atoms with Crippen LogP contribution in [0.5, 0.6) is 5.75 Å². The van der Waals surface area contributed by atoms with E-state index in [1.165, 1.54) is 11.0 Å². The zero-order valence-electron chi connectivity index (χ0n) is 12.7. The molecule has 1 amide bonds. The first-order valence-electron chi connectivity index (χ1n) is 7.69. The van der Waals surface area contributed by atoms with Gasteiger partial charge in [0.2, 0.25) is 5.91 Å². The molecule has 1 atom stereocenters. The Hall–Kier alpha value is -2.40. The molecule has 0 radical (unpaired) electrons. The number of rotatable bonds is 3. The molecular formula is C18H19FN2O2. The maximum absolute atomic E-state index is 14.2. The van der Waals surface area contributed by atoms with Crippen LogP contribution >= 0.6 is 0 Å². The molecule has 1 aliphatic rings. The number of nitrogens with zero attached hydrogens (tertiary/aromatic N) is 1. The van der Waals surface area contributed by atoms with Gasteiger partial charge >= 0.3 is 0 Å². The second-order valence-corrected chi connectivity index (χ2v) is 5.56. The molecule has 2 aromatic carbocycles. The van der Waals surface area contributed by atoms with Gasteiger partial charge in [0.1, 0.15) is 11.4 Å². The number of carbonyl (C=O) groups excluding carboxylic acids is 1. The van der Waals surface area contributed by atoms with Crippen LogP contribution in [-0.4, -0.2) is 19.1 Å². The van der Waals surface area contributed by atoms with Crippen LogP contribution < -0.4 is 15.4 Å². The number of hydrogen-bond acceptors (Lipinski definition) is 3. The molecule has 0 fully saturated rings. The molecule has 1 aliphatic heterocycles. The molecule has 0 aromatic heterocycles. The zero-order valence-corrected chi connectivity index (χ0v) is 12.7. The Morgan fingerprint density at radius 3 is 2.78 bits per heavy atom. The van der Waals surface area contributed by atoms with Crippen molar-refractivity contribution in [2.45, 2.75) is 18.9 Å². The minimum Gasteiger partial charge on any atom is -0.491 e. The number of amides is 1. The number of anilines is 1. The Balaban J connectivity index is 1.83. The highest BCUT2D eigenvalue weighted by Crippen LogP contribution is 2.34. The molecule has 0 aliphatic carbocycles.